The van der Waals surface area contributed by atoms with E-state index in [1.165, 1.54) is 19.1 Å². The molecule has 1 fully saturated rings. The molecular formula is C20H21ClF4N2OS. The van der Waals surface area contributed by atoms with Crippen LogP contribution in [0.25, 0.3) is 0 Å². The first-order valence-electron chi connectivity index (χ1n) is 9.09. The second-order valence-corrected chi connectivity index (χ2v) is 8.92. The molecule has 0 amide bonds. The number of piperazine rings is 1. The molecule has 1 heterocycles. The minimum atomic E-state index is -4.54. The first kappa shape index (κ1) is 22.1. The van der Waals surface area contributed by atoms with E-state index in [0.717, 1.165) is 12.1 Å². The van der Waals surface area contributed by atoms with Crippen molar-refractivity contribution in [3.8, 4) is 0 Å². The van der Waals surface area contributed by atoms with Crippen molar-refractivity contribution in [2.45, 2.75) is 24.5 Å². The summed E-state index contributed by atoms with van der Waals surface area (Å²) >= 11 is 5.90. The average Bonchev–Trinajstić information content (AvgIpc) is 2.63. The molecule has 0 saturated carbocycles. The number of hydrogen-bond donors (Lipinski definition) is 0. The largest absolute Gasteiger partial charge is 0.400 e. The van der Waals surface area contributed by atoms with Gasteiger partial charge in [-0.3, -0.25) is 9.11 Å². The highest BCUT2D eigenvalue weighted by Crippen LogP contribution is 2.29. The Bertz CT molecular complexity index is 881. The molecule has 29 heavy (non-hydrogen) atoms. The fraction of sp³-hybridized carbons (Fsp3) is 0.400. The van der Waals surface area contributed by atoms with Gasteiger partial charge in [0.05, 0.1) is 16.5 Å². The minimum Gasteiger partial charge on any atom is -0.367 e. The van der Waals surface area contributed by atoms with E-state index in [2.05, 4.69) is 4.90 Å². The van der Waals surface area contributed by atoms with Crippen LogP contribution in [0.4, 0.5) is 23.2 Å². The Morgan fingerprint density at radius 2 is 1.69 bits per heavy atom. The van der Waals surface area contributed by atoms with Gasteiger partial charge in [-0.2, -0.15) is 13.2 Å². The van der Waals surface area contributed by atoms with E-state index in [1.54, 1.807) is 4.90 Å². The Morgan fingerprint density at radius 1 is 1.07 bits per heavy atom. The SMILES string of the molecule is Cc1cc(F)c(N2CCN(Cc3ccc(Cl)cc3)CC2)cc1S(=O)CC(F)(F)F. The lowest BCUT2D eigenvalue weighted by molar-refractivity contribution is -0.105. The summed E-state index contributed by atoms with van der Waals surface area (Å²) in [7, 11) is -2.26. The van der Waals surface area contributed by atoms with Crippen LogP contribution < -0.4 is 4.90 Å². The third kappa shape index (κ3) is 5.93. The van der Waals surface area contributed by atoms with Gasteiger partial charge in [0.2, 0.25) is 0 Å². The third-order valence-electron chi connectivity index (χ3n) is 4.82. The van der Waals surface area contributed by atoms with E-state index in [4.69, 9.17) is 11.6 Å². The monoisotopic (exact) mass is 448 g/mol. The molecule has 0 aromatic heterocycles. The Hall–Kier alpha value is -1.64. The number of hydrogen-bond acceptors (Lipinski definition) is 3. The summed E-state index contributed by atoms with van der Waals surface area (Å²) in [5.41, 5.74) is 1.58. The molecule has 0 aliphatic carbocycles. The van der Waals surface area contributed by atoms with Gasteiger partial charge in [-0.15, -0.1) is 0 Å². The smallest absolute Gasteiger partial charge is 0.367 e. The second kappa shape index (κ2) is 9.02. The van der Waals surface area contributed by atoms with Gasteiger partial charge in [0.15, 0.2) is 0 Å². The molecule has 3 rings (SSSR count). The van der Waals surface area contributed by atoms with Crippen LogP contribution in [0.5, 0.6) is 0 Å². The van der Waals surface area contributed by atoms with Gasteiger partial charge in [0.1, 0.15) is 11.6 Å². The number of aryl methyl sites for hydroxylation is 1. The molecule has 0 spiro atoms. The van der Waals surface area contributed by atoms with Crippen molar-refractivity contribution in [1.82, 2.24) is 4.90 Å². The molecule has 1 unspecified atom stereocenters. The summed E-state index contributed by atoms with van der Waals surface area (Å²) in [4.78, 5) is 4.04. The number of anilines is 1. The van der Waals surface area contributed by atoms with Gasteiger partial charge in [0.25, 0.3) is 0 Å². The molecule has 0 bridgehead atoms. The molecule has 1 saturated heterocycles. The van der Waals surface area contributed by atoms with Crippen LogP contribution in [0.15, 0.2) is 41.3 Å². The van der Waals surface area contributed by atoms with Crippen LogP contribution in [0.2, 0.25) is 5.02 Å². The van der Waals surface area contributed by atoms with E-state index >= 15 is 0 Å². The maximum Gasteiger partial charge on any atom is 0.400 e. The molecule has 1 aliphatic heterocycles. The summed E-state index contributed by atoms with van der Waals surface area (Å²) < 4.78 is 64.5. The molecule has 9 heteroatoms. The number of benzene rings is 2. The zero-order valence-electron chi connectivity index (χ0n) is 15.8. The number of nitrogens with zero attached hydrogens (tertiary/aromatic N) is 2. The highest BCUT2D eigenvalue weighted by molar-refractivity contribution is 7.85. The lowest BCUT2D eigenvalue weighted by Crippen LogP contribution is -2.46. The molecular weight excluding hydrogens is 428 g/mol. The molecule has 2 aromatic rings. The first-order valence-corrected chi connectivity index (χ1v) is 10.8. The average molecular weight is 449 g/mol. The van der Waals surface area contributed by atoms with E-state index in [1.807, 2.05) is 24.3 Å². The van der Waals surface area contributed by atoms with Crippen molar-refractivity contribution in [2.24, 2.45) is 0 Å². The normalized spacial score (nSPS) is 16.8. The zero-order chi connectivity index (χ0) is 21.2. The maximum absolute atomic E-state index is 14.5. The molecule has 1 aliphatic rings. The fourth-order valence-corrected chi connectivity index (χ4v) is 4.59. The summed E-state index contributed by atoms with van der Waals surface area (Å²) in [5.74, 6) is -1.95. The van der Waals surface area contributed by atoms with E-state index in [9.17, 15) is 21.8 Å². The standard InChI is InChI=1S/C20H21ClF4N2OS/c1-14-10-17(22)18(11-19(14)29(28)13-20(23,24)25)27-8-6-26(7-9-27)12-15-2-4-16(21)5-3-15/h2-5,10-11H,6-9,12-13H2,1H3. The van der Waals surface area contributed by atoms with Gasteiger partial charge >= 0.3 is 6.18 Å². The van der Waals surface area contributed by atoms with E-state index < -0.39 is 28.5 Å². The Morgan fingerprint density at radius 3 is 2.28 bits per heavy atom. The van der Waals surface area contributed by atoms with Crippen LogP contribution in [-0.4, -0.2) is 47.2 Å². The van der Waals surface area contributed by atoms with Crippen molar-refractivity contribution < 1.29 is 21.8 Å². The maximum atomic E-state index is 14.5. The van der Waals surface area contributed by atoms with E-state index in [0.29, 0.717) is 31.2 Å². The molecule has 0 N–H and O–H groups in total. The summed E-state index contributed by atoms with van der Waals surface area (Å²) in [6, 6.07) is 10.0. The third-order valence-corrected chi connectivity index (χ3v) is 6.59. The Labute approximate surface area is 174 Å². The van der Waals surface area contributed by atoms with Crippen molar-refractivity contribution >= 4 is 28.1 Å². The number of halogens is 5. The second-order valence-electron chi connectivity index (χ2n) is 7.06. The molecule has 0 radical (unpaired) electrons. The van der Waals surface area contributed by atoms with Gasteiger partial charge in [-0.1, -0.05) is 23.7 Å². The molecule has 1 atom stereocenters. The molecule has 3 nitrogen and oxygen atoms in total. The predicted molar refractivity (Wildman–Crippen MR) is 107 cm³/mol. The van der Waals surface area contributed by atoms with Crippen LogP contribution in [0.1, 0.15) is 11.1 Å². The summed E-state index contributed by atoms with van der Waals surface area (Å²) in [6.07, 6.45) is -4.54. The predicted octanol–water partition coefficient (Wildman–Crippen LogP) is 4.78. The van der Waals surface area contributed by atoms with Crippen LogP contribution in [0.3, 0.4) is 0 Å². The van der Waals surface area contributed by atoms with Crippen molar-refractivity contribution in [2.75, 3.05) is 36.8 Å². The highest BCUT2D eigenvalue weighted by Gasteiger charge is 2.32. The van der Waals surface area contributed by atoms with Gasteiger partial charge in [0, 0.05) is 42.6 Å². The molecule has 2 aromatic carbocycles. The lowest BCUT2D eigenvalue weighted by Gasteiger charge is -2.36. The summed E-state index contributed by atoms with van der Waals surface area (Å²) in [6.45, 7) is 4.62. The first-order chi connectivity index (χ1) is 13.6. The minimum absolute atomic E-state index is 0.0299. The summed E-state index contributed by atoms with van der Waals surface area (Å²) in [5, 5.41) is 0.673. The van der Waals surface area contributed by atoms with E-state index in [-0.39, 0.29) is 16.1 Å². The molecule has 158 valence electrons. The lowest BCUT2D eigenvalue weighted by atomic mass is 10.1. The van der Waals surface area contributed by atoms with Crippen LogP contribution in [-0.2, 0) is 17.3 Å². The number of rotatable bonds is 5. The topological polar surface area (TPSA) is 23.6 Å². The van der Waals surface area contributed by atoms with Crippen LogP contribution >= 0.6 is 11.6 Å². The fourth-order valence-electron chi connectivity index (χ4n) is 3.35. The van der Waals surface area contributed by atoms with Crippen molar-refractivity contribution in [3.63, 3.8) is 0 Å². The quantitative estimate of drug-likeness (QED) is 0.615. The Kier molecular flexibility index (Phi) is 6.86. The van der Waals surface area contributed by atoms with Gasteiger partial charge in [-0.25, -0.2) is 4.39 Å². The van der Waals surface area contributed by atoms with Crippen molar-refractivity contribution in [3.05, 3.63) is 58.4 Å². The van der Waals surface area contributed by atoms with Crippen molar-refractivity contribution in [1.29, 1.82) is 0 Å². The van der Waals surface area contributed by atoms with Crippen LogP contribution in [0, 0.1) is 12.7 Å². The highest BCUT2D eigenvalue weighted by atomic mass is 35.5. The number of alkyl halides is 3. The van der Waals surface area contributed by atoms with Gasteiger partial charge in [-0.05, 0) is 42.3 Å². The zero-order valence-corrected chi connectivity index (χ0v) is 17.4. The Balaban J connectivity index is 1.69. The van der Waals surface area contributed by atoms with Gasteiger partial charge < -0.3 is 4.90 Å².